The molecule has 0 saturated carbocycles. The van der Waals surface area contributed by atoms with Crippen molar-refractivity contribution in [3.05, 3.63) is 61.7 Å². The topological polar surface area (TPSA) is 102 Å². The average Bonchev–Trinajstić information content (AvgIpc) is 3.14. The lowest BCUT2D eigenvalue weighted by atomic mass is 9.76. The summed E-state index contributed by atoms with van der Waals surface area (Å²) >= 11 is 0. The van der Waals surface area contributed by atoms with Crippen molar-refractivity contribution in [3.8, 4) is 11.4 Å². The summed E-state index contributed by atoms with van der Waals surface area (Å²) in [6.07, 6.45) is 1.01. The van der Waals surface area contributed by atoms with Crippen molar-refractivity contribution in [2.45, 2.75) is 64.4 Å². The Kier molecular flexibility index (Phi) is 3.90. The monoisotopic (exact) mass is 450 g/mol. The molecule has 6 rings (SSSR count). The van der Waals surface area contributed by atoms with Gasteiger partial charge in [0, 0.05) is 28.1 Å². The van der Waals surface area contributed by atoms with Crippen LogP contribution < -0.4 is 5.56 Å². The van der Waals surface area contributed by atoms with E-state index in [0.29, 0.717) is 46.4 Å². The SMILES string of the molecule is CC[C@@]1(O)C(=O)OCc2c1cc1n(c2=O)Cc2c-1nc1cc(F)c(C)c3c1c2[C@](C)(O)CC3. The molecule has 0 fully saturated rings. The van der Waals surface area contributed by atoms with Crippen LogP contribution in [0.4, 0.5) is 4.39 Å². The van der Waals surface area contributed by atoms with E-state index in [9.17, 15) is 24.2 Å². The van der Waals surface area contributed by atoms with E-state index < -0.39 is 17.2 Å². The van der Waals surface area contributed by atoms with Crippen LogP contribution in [0, 0.1) is 12.7 Å². The van der Waals surface area contributed by atoms with Gasteiger partial charge in [0.2, 0.25) is 0 Å². The number of hydrogen-bond donors (Lipinski definition) is 2. The molecule has 2 atom stereocenters. The van der Waals surface area contributed by atoms with Gasteiger partial charge in [0.15, 0.2) is 5.60 Å². The fraction of sp³-hybridized carbons (Fsp3) is 0.400. The maximum atomic E-state index is 14.7. The van der Waals surface area contributed by atoms with Gasteiger partial charge in [-0.1, -0.05) is 6.92 Å². The summed E-state index contributed by atoms with van der Waals surface area (Å²) in [5.41, 5.74) is 1.11. The van der Waals surface area contributed by atoms with Crippen LogP contribution in [0.1, 0.15) is 60.1 Å². The fourth-order valence-corrected chi connectivity index (χ4v) is 5.79. The molecule has 33 heavy (non-hydrogen) atoms. The van der Waals surface area contributed by atoms with Crippen molar-refractivity contribution in [1.82, 2.24) is 9.55 Å². The third-order valence-corrected chi connectivity index (χ3v) is 7.70. The number of pyridine rings is 2. The predicted octanol–water partition coefficient (Wildman–Crippen LogP) is 2.68. The van der Waals surface area contributed by atoms with Crippen LogP contribution in [0.5, 0.6) is 0 Å². The Morgan fingerprint density at radius 1 is 1.21 bits per heavy atom. The second-order valence-electron chi connectivity index (χ2n) is 9.55. The summed E-state index contributed by atoms with van der Waals surface area (Å²) in [5, 5.41) is 23.2. The molecule has 2 aliphatic heterocycles. The molecule has 170 valence electrons. The maximum Gasteiger partial charge on any atom is 0.343 e. The average molecular weight is 450 g/mol. The number of rotatable bonds is 1. The zero-order valence-electron chi connectivity index (χ0n) is 18.6. The third kappa shape index (κ3) is 2.42. The summed E-state index contributed by atoms with van der Waals surface area (Å²) in [7, 11) is 0. The lowest BCUT2D eigenvalue weighted by Gasteiger charge is -2.33. The summed E-state index contributed by atoms with van der Waals surface area (Å²) in [5.74, 6) is -1.15. The number of aryl methyl sites for hydroxylation is 1. The van der Waals surface area contributed by atoms with Crippen molar-refractivity contribution < 1.29 is 24.1 Å². The van der Waals surface area contributed by atoms with Gasteiger partial charge in [-0.3, -0.25) is 4.79 Å². The van der Waals surface area contributed by atoms with Gasteiger partial charge in [-0.25, -0.2) is 14.2 Å². The molecule has 0 amide bonds. The van der Waals surface area contributed by atoms with Crippen LogP contribution in [0.2, 0.25) is 0 Å². The van der Waals surface area contributed by atoms with Crippen LogP contribution in [-0.2, 0) is 40.3 Å². The van der Waals surface area contributed by atoms with E-state index in [1.165, 1.54) is 10.6 Å². The Morgan fingerprint density at radius 2 is 1.97 bits per heavy atom. The van der Waals surface area contributed by atoms with Crippen LogP contribution in [0.15, 0.2) is 16.9 Å². The Bertz CT molecular complexity index is 1490. The molecule has 2 aromatic heterocycles. The van der Waals surface area contributed by atoms with E-state index in [0.717, 1.165) is 10.9 Å². The highest BCUT2D eigenvalue weighted by Gasteiger charge is 2.46. The van der Waals surface area contributed by atoms with E-state index in [-0.39, 0.29) is 42.1 Å². The highest BCUT2D eigenvalue weighted by molar-refractivity contribution is 5.93. The fourth-order valence-electron chi connectivity index (χ4n) is 5.79. The first-order chi connectivity index (χ1) is 15.6. The molecule has 0 radical (unpaired) electrons. The van der Waals surface area contributed by atoms with E-state index in [4.69, 9.17) is 9.72 Å². The quantitative estimate of drug-likeness (QED) is 0.433. The molecular weight excluding hydrogens is 427 g/mol. The van der Waals surface area contributed by atoms with Crippen molar-refractivity contribution in [2.24, 2.45) is 0 Å². The van der Waals surface area contributed by atoms with Gasteiger partial charge >= 0.3 is 5.97 Å². The minimum Gasteiger partial charge on any atom is -0.458 e. The molecule has 4 heterocycles. The number of hydrogen-bond acceptors (Lipinski definition) is 6. The minimum atomic E-state index is -1.92. The molecule has 0 saturated heterocycles. The minimum absolute atomic E-state index is 0.0491. The predicted molar refractivity (Wildman–Crippen MR) is 117 cm³/mol. The standard InChI is InChI=1S/C25H23FN2O5/c1-4-25(32)15-7-18-21-13(9-28(18)22(29)14(15)10-33-23(25)30)20-19-12(5-6-24(20,3)31)11(2)16(26)8-17(19)27-21/h7-8,31-32H,4-6,9-10H2,1-3H3/t24-,25+/m1/s1. The van der Waals surface area contributed by atoms with Gasteiger partial charge in [-0.15, -0.1) is 0 Å². The largest absolute Gasteiger partial charge is 0.458 e. The first-order valence-corrected chi connectivity index (χ1v) is 11.1. The summed E-state index contributed by atoms with van der Waals surface area (Å²) in [6, 6.07) is 3.00. The number of aromatic nitrogens is 2. The number of carbonyl (C=O) groups excluding carboxylic acids is 1. The van der Waals surface area contributed by atoms with E-state index in [1.54, 1.807) is 26.8 Å². The van der Waals surface area contributed by atoms with Gasteiger partial charge in [0.1, 0.15) is 12.4 Å². The Balaban J connectivity index is 1.72. The smallest absolute Gasteiger partial charge is 0.343 e. The molecule has 3 aliphatic rings. The molecule has 8 heteroatoms. The molecule has 0 unspecified atom stereocenters. The van der Waals surface area contributed by atoms with Crippen LogP contribution in [0.25, 0.3) is 22.3 Å². The van der Waals surface area contributed by atoms with Gasteiger partial charge < -0.3 is 19.5 Å². The number of carbonyl (C=O) groups is 1. The molecule has 0 spiro atoms. The summed E-state index contributed by atoms with van der Waals surface area (Å²) in [4.78, 5) is 30.6. The zero-order chi connectivity index (χ0) is 23.4. The molecular formula is C25H23FN2O5. The first-order valence-electron chi connectivity index (χ1n) is 11.1. The lowest BCUT2D eigenvalue weighted by Crippen LogP contribution is -2.44. The van der Waals surface area contributed by atoms with Crippen LogP contribution in [0.3, 0.4) is 0 Å². The number of nitrogens with zero attached hydrogens (tertiary/aromatic N) is 2. The van der Waals surface area contributed by atoms with Crippen molar-refractivity contribution in [2.75, 3.05) is 0 Å². The Morgan fingerprint density at radius 3 is 2.70 bits per heavy atom. The van der Waals surface area contributed by atoms with Crippen molar-refractivity contribution in [3.63, 3.8) is 0 Å². The Labute approximate surface area is 188 Å². The summed E-state index contributed by atoms with van der Waals surface area (Å²) < 4.78 is 21.4. The number of esters is 1. The van der Waals surface area contributed by atoms with Crippen LogP contribution in [-0.4, -0.2) is 25.7 Å². The normalized spacial score (nSPS) is 25.0. The molecule has 7 nitrogen and oxygen atoms in total. The van der Waals surface area contributed by atoms with E-state index in [2.05, 4.69) is 0 Å². The van der Waals surface area contributed by atoms with Gasteiger partial charge in [-0.05, 0) is 50.3 Å². The number of ether oxygens (including phenoxy) is 1. The number of cyclic esters (lactones) is 1. The second kappa shape index (κ2) is 6.27. The summed E-state index contributed by atoms with van der Waals surface area (Å²) in [6.45, 7) is 5.11. The molecule has 0 bridgehead atoms. The molecule has 1 aromatic carbocycles. The molecule has 2 N–H and O–H groups in total. The molecule has 3 aromatic rings. The Hall–Kier alpha value is -3.10. The maximum absolute atomic E-state index is 14.7. The second-order valence-corrected chi connectivity index (χ2v) is 9.55. The van der Waals surface area contributed by atoms with Crippen LogP contribution >= 0.6 is 0 Å². The van der Waals surface area contributed by atoms with E-state index >= 15 is 0 Å². The highest BCUT2D eigenvalue weighted by atomic mass is 19.1. The van der Waals surface area contributed by atoms with Gasteiger partial charge in [-0.2, -0.15) is 0 Å². The molecule has 1 aliphatic carbocycles. The number of aliphatic hydroxyl groups is 2. The first kappa shape index (κ1) is 20.5. The van der Waals surface area contributed by atoms with E-state index in [1.807, 2.05) is 0 Å². The van der Waals surface area contributed by atoms with Crippen molar-refractivity contribution >= 4 is 16.9 Å². The van der Waals surface area contributed by atoms with Crippen molar-refractivity contribution in [1.29, 1.82) is 0 Å². The van der Waals surface area contributed by atoms with Gasteiger partial charge in [0.05, 0.1) is 34.6 Å². The lowest BCUT2D eigenvalue weighted by molar-refractivity contribution is -0.172. The van der Waals surface area contributed by atoms with Gasteiger partial charge in [0.25, 0.3) is 5.56 Å². The number of fused-ring (bicyclic) bond motifs is 5. The number of halogens is 1. The number of benzene rings is 1. The zero-order valence-corrected chi connectivity index (χ0v) is 18.6. The third-order valence-electron chi connectivity index (χ3n) is 7.70. The highest BCUT2D eigenvalue weighted by Crippen LogP contribution is 2.47.